The van der Waals surface area contributed by atoms with Crippen molar-refractivity contribution < 1.29 is 31.7 Å². The van der Waals surface area contributed by atoms with Crippen LogP contribution in [0.25, 0.3) is 10.6 Å². The van der Waals surface area contributed by atoms with E-state index in [0.29, 0.717) is 13.0 Å². The first-order valence-corrected chi connectivity index (χ1v) is 16.7. The Balaban J connectivity index is 0.000000260. The van der Waals surface area contributed by atoms with Crippen LogP contribution in [0.2, 0.25) is 0 Å². The molecule has 1 saturated heterocycles. The molecule has 0 aromatic heterocycles. The summed E-state index contributed by atoms with van der Waals surface area (Å²) >= 11 is 1.61. The maximum absolute atomic E-state index is 8.75. The fraction of sp³-hybridized carbons (Fsp3) is 0.667. The number of rotatable bonds is 3. The van der Waals surface area contributed by atoms with Gasteiger partial charge >= 0.3 is 0 Å². The largest absolute Gasteiger partial charge is 0.769 e. The summed E-state index contributed by atoms with van der Waals surface area (Å²) < 4.78 is 47.1. The zero-order chi connectivity index (χ0) is 32.9. The average Bonchev–Trinajstić information content (AvgIpc) is 3.63. The van der Waals surface area contributed by atoms with Crippen LogP contribution < -0.4 is 0 Å². The molecule has 1 fully saturated rings. The molecule has 0 saturated carbocycles. The third-order valence-corrected chi connectivity index (χ3v) is 10.3. The molecule has 233 valence electrons. The quantitative estimate of drug-likeness (QED) is 0.269. The van der Waals surface area contributed by atoms with Crippen LogP contribution >= 0.6 is 11.8 Å². The number of hydrogen-bond acceptors (Lipinski definition) is 3. The molecule has 6 atom stereocenters. The van der Waals surface area contributed by atoms with E-state index >= 15 is 0 Å². The van der Waals surface area contributed by atoms with Crippen LogP contribution in [0, 0.1) is 35.7 Å². The SMILES string of the molecule is C[C@H]1CC=C(C2=[C-]CCCC2)[N-]C1.[2H]C([2H])([2H])C1=NC2OC3=C(C4[N-]CC=C5C=C(C([2H])([2H])C(C)(C)C)S[C@@H]54)[CH-]CC[C@H]3C2CC1.[Ir]. The Kier molecular flexibility index (Phi) is 8.59. The zero-order valence-electron chi connectivity index (χ0n) is 30.5. The molecule has 0 N–H and O–H groups in total. The van der Waals surface area contributed by atoms with Gasteiger partial charge in [-0.3, -0.25) is 11.1 Å². The van der Waals surface area contributed by atoms with Crippen molar-refractivity contribution in [3.8, 4) is 0 Å². The van der Waals surface area contributed by atoms with E-state index in [1.54, 1.807) is 11.8 Å². The van der Waals surface area contributed by atoms with Crippen LogP contribution in [-0.4, -0.2) is 36.3 Å². The van der Waals surface area contributed by atoms with E-state index in [1.165, 1.54) is 37.0 Å². The van der Waals surface area contributed by atoms with Crippen molar-refractivity contribution >= 4 is 17.5 Å². The van der Waals surface area contributed by atoms with Crippen LogP contribution in [-0.2, 0) is 24.8 Å². The summed E-state index contributed by atoms with van der Waals surface area (Å²) in [4.78, 5) is 5.31. The standard InChI is InChI=1S/C24H32N2OS.C12H17N.Ir/c1-14-8-9-18-17-6-5-7-19(21(17)27-23(18)26-14)20-22-15(10-11-25-20)12-16(28-22)13-24(2,3)4;1-10-7-8-12(13-9-10)11-5-3-2-4-6-11;/h7,10,12,17-18,20,22-23H,5-6,8-9,11,13H2,1-4H3;8,10H,2-5,7,9H2,1H3;/q2*-2;/t17-,18?,20?,22-,23?;10-;/m00./s1/i1D3,13D2;;. The summed E-state index contributed by atoms with van der Waals surface area (Å²) in [5.41, 5.74) is 4.69. The van der Waals surface area contributed by atoms with Crippen molar-refractivity contribution in [1.29, 1.82) is 0 Å². The van der Waals surface area contributed by atoms with Crippen LogP contribution in [0.4, 0.5) is 0 Å². The van der Waals surface area contributed by atoms with Crippen molar-refractivity contribution in [2.45, 2.75) is 116 Å². The smallest absolute Gasteiger partial charge is 0.171 e. The first-order chi connectivity index (χ1) is 21.7. The van der Waals surface area contributed by atoms with Gasteiger partial charge in [0.15, 0.2) is 6.23 Å². The van der Waals surface area contributed by atoms with Gasteiger partial charge < -0.3 is 21.1 Å². The zero-order valence-corrected chi connectivity index (χ0v) is 28.8. The van der Waals surface area contributed by atoms with Gasteiger partial charge in [0.05, 0.1) is 0 Å². The Hall–Kier alpha value is -1.20. The molecule has 42 heavy (non-hydrogen) atoms. The number of thioether (sulfide) groups is 1. The third kappa shape index (κ3) is 7.36. The Morgan fingerprint density at radius 2 is 2.12 bits per heavy atom. The number of fused-ring (bicyclic) bond motifs is 4. The predicted molar refractivity (Wildman–Crippen MR) is 174 cm³/mol. The minimum absolute atomic E-state index is 0. The summed E-state index contributed by atoms with van der Waals surface area (Å²) in [6.07, 6.45) is 19.8. The second-order valence-electron chi connectivity index (χ2n) is 13.6. The number of aliphatic imine (C=N–C) groups is 1. The van der Waals surface area contributed by atoms with Gasteiger partial charge in [0.25, 0.3) is 0 Å². The second kappa shape index (κ2) is 13.8. The Labute approximate surface area is 280 Å². The van der Waals surface area contributed by atoms with Crippen molar-refractivity contribution in [2.24, 2.45) is 28.2 Å². The van der Waals surface area contributed by atoms with E-state index < -0.39 is 24.9 Å². The Morgan fingerprint density at radius 1 is 1.24 bits per heavy atom. The maximum atomic E-state index is 8.75. The number of ether oxygens (including phenoxy) is 1. The molecule has 5 aliphatic heterocycles. The summed E-state index contributed by atoms with van der Waals surface area (Å²) in [6, 6.07) is -0.0801. The fourth-order valence-corrected chi connectivity index (χ4v) is 8.46. The van der Waals surface area contributed by atoms with Crippen LogP contribution in [0.1, 0.15) is 106 Å². The molecule has 0 aromatic carbocycles. The number of nitrogens with zero attached hydrogens (tertiary/aromatic N) is 3. The van der Waals surface area contributed by atoms with Crippen molar-refractivity contribution in [2.75, 3.05) is 13.1 Å². The summed E-state index contributed by atoms with van der Waals surface area (Å²) in [7, 11) is 0. The van der Waals surface area contributed by atoms with Crippen molar-refractivity contribution in [3.05, 3.63) is 74.4 Å². The number of hydrogen-bond donors (Lipinski definition) is 0. The van der Waals surface area contributed by atoms with E-state index in [-0.39, 0.29) is 48.9 Å². The van der Waals surface area contributed by atoms with E-state index in [9.17, 15) is 0 Å². The van der Waals surface area contributed by atoms with E-state index in [1.807, 2.05) is 26.8 Å². The molecule has 7 rings (SSSR count). The van der Waals surface area contributed by atoms with Gasteiger partial charge in [-0.1, -0.05) is 65.7 Å². The molecule has 2 aliphatic carbocycles. The van der Waals surface area contributed by atoms with Gasteiger partial charge in [-0.25, -0.2) is 12.0 Å². The average molecular weight is 769 g/mol. The summed E-state index contributed by atoms with van der Waals surface area (Å²) in [5.74, 6) is 2.19. The molecule has 5 heterocycles. The topological polar surface area (TPSA) is 49.8 Å². The first-order valence-electron chi connectivity index (χ1n) is 18.3. The summed E-state index contributed by atoms with van der Waals surface area (Å²) in [5, 5.41) is 9.61. The molecule has 0 amide bonds. The Morgan fingerprint density at radius 3 is 2.86 bits per heavy atom. The molecule has 0 bridgehead atoms. The van der Waals surface area contributed by atoms with Crippen molar-refractivity contribution in [3.63, 3.8) is 0 Å². The molecule has 4 nitrogen and oxygen atoms in total. The van der Waals surface area contributed by atoms with Crippen LogP contribution in [0.3, 0.4) is 0 Å². The molecule has 1 radical (unpaired) electrons. The molecule has 7 aliphatic rings. The fourth-order valence-electron chi connectivity index (χ4n) is 6.95. The van der Waals surface area contributed by atoms with E-state index in [2.05, 4.69) is 41.9 Å². The summed E-state index contributed by atoms with van der Waals surface area (Å²) in [6.45, 7) is 7.56. The monoisotopic (exact) mass is 769 g/mol. The molecule has 0 aromatic rings. The third-order valence-electron chi connectivity index (χ3n) is 8.99. The van der Waals surface area contributed by atoms with Crippen LogP contribution in [0.5, 0.6) is 0 Å². The minimum atomic E-state index is -2.15. The van der Waals surface area contributed by atoms with Gasteiger partial charge in [0, 0.05) is 43.8 Å². The molecule has 6 heteroatoms. The predicted octanol–water partition coefficient (Wildman–Crippen LogP) is 9.78. The van der Waals surface area contributed by atoms with Gasteiger partial charge in [-0.15, -0.1) is 49.8 Å². The van der Waals surface area contributed by atoms with E-state index in [4.69, 9.17) is 16.9 Å². The molecule has 0 spiro atoms. The van der Waals surface area contributed by atoms with Gasteiger partial charge in [-0.05, 0) is 59.7 Å². The maximum Gasteiger partial charge on any atom is 0.171 e. The molecular weight excluding hydrogens is 715 g/mol. The normalized spacial score (nSPS) is 36.1. The molecular formula is C36H49IrN3OS-4. The van der Waals surface area contributed by atoms with Gasteiger partial charge in [0.1, 0.15) is 0 Å². The van der Waals surface area contributed by atoms with Gasteiger partial charge in [0.2, 0.25) is 0 Å². The Bertz CT molecular complexity index is 1370. The first kappa shape index (κ1) is 26.1. The minimum Gasteiger partial charge on any atom is -0.769 e. The number of allylic oxidation sites excluding steroid dienone is 6. The van der Waals surface area contributed by atoms with Crippen LogP contribution in [0.15, 0.2) is 56.3 Å². The van der Waals surface area contributed by atoms with E-state index in [0.717, 1.165) is 60.0 Å². The van der Waals surface area contributed by atoms with Gasteiger partial charge in [-0.2, -0.15) is 11.6 Å². The second-order valence-corrected chi connectivity index (χ2v) is 14.7. The van der Waals surface area contributed by atoms with Crippen molar-refractivity contribution in [1.82, 2.24) is 0 Å². The molecule has 3 unspecified atom stereocenters.